The van der Waals surface area contributed by atoms with Gasteiger partial charge in [0.1, 0.15) is 0 Å². The van der Waals surface area contributed by atoms with Crippen LogP contribution in [-0.4, -0.2) is 26.8 Å². The molecule has 104 valence electrons. The van der Waals surface area contributed by atoms with Gasteiger partial charge in [0, 0.05) is 18.5 Å². The van der Waals surface area contributed by atoms with Crippen LogP contribution in [0.4, 0.5) is 0 Å². The molecule has 0 atom stereocenters. The molecule has 3 heteroatoms. The molecule has 18 heavy (non-hydrogen) atoms. The van der Waals surface area contributed by atoms with Crippen molar-refractivity contribution in [2.45, 2.75) is 40.0 Å². The van der Waals surface area contributed by atoms with Crippen LogP contribution in [0.5, 0.6) is 0 Å². The van der Waals surface area contributed by atoms with Gasteiger partial charge in [0.2, 0.25) is 0 Å². The zero-order valence-corrected chi connectivity index (χ0v) is 13.0. The van der Waals surface area contributed by atoms with E-state index in [-0.39, 0.29) is 0 Å². The van der Waals surface area contributed by atoms with Gasteiger partial charge >= 0.3 is 0 Å². The maximum Gasteiger partial charge on any atom is 0.0587 e. The Morgan fingerprint density at radius 3 is 2.67 bits per heavy atom. The molecular weight excluding hydrogens is 242 g/mol. The zero-order chi connectivity index (χ0) is 13.4. The molecule has 1 rings (SSSR count). The van der Waals surface area contributed by atoms with E-state index in [0.29, 0.717) is 5.41 Å². The predicted octanol–water partition coefficient (Wildman–Crippen LogP) is 3.64. The Labute approximate surface area is 116 Å². The van der Waals surface area contributed by atoms with Gasteiger partial charge in [0.15, 0.2) is 0 Å². The predicted molar refractivity (Wildman–Crippen MR) is 80.5 cm³/mol. The summed E-state index contributed by atoms with van der Waals surface area (Å²) >= 11 is 1.89. The number of hydrogen-bond donors (Lipinski definition) is 1. The minimum Gasteiger partial charge on any atom is -0.383 e. The molecule has 2 nitrogen and oxygen atoms in total. The summed E-state index contributed by atoms with van der Waals surface area (Å²) < 4.78 is 5.02. The van der Waals surface area contributed by atoms with Gasteiger partial charge in [-0.15, -0.1) is 11.3 Å². The Balaban J connectivity index is 2.21. The van der Waals surface area contributed by atoms with Crippen LogP contribution < -0.4 is 5.32 Å². The molecule has 0 unspecified atom stereocenters. The summed E-state index contributed by atoms with van der Waals surface area (Å²) in [5.41, 5.74) is 1.87. The van der Waals surface area contributed by atoms with E-state index in [2.05, 4.69) is 37.5 Å². The van der Waals surface area contributed by atoms with Gasteiger partial charge < -0.3 is 10.1 Å². The molecule has 0 aliphatic rings. The van der Waals surface area contributed by atoms with Crippen LogP contribution in [-0.2, 0) is 11.2 Å². The highest BCUT2D eigenvalue weighted by Crippen LogP contribution is 2.28. The molecule has 0 aliphatic carbocycles. The van der Waals surface area contributed by atoms with Crippen molar-refractivity contribution < 1.29 is 4.74 Å². The lowest BCUT2D eigenvalue weighted by molar-refractivity contribution is 0.197. The molecule has 1 heterocycles. The standard InChI is InChI=1S/C15H27NOS/c1-13-6-12-18-14(13)5-7-15(2,3)8-9-16-10-11-17-4/h6,12,16H,5,7-11H2,1-4H3. The minimum absolute atomic E-state index is 0.413. The molecular formula is C15H27NOS. The number of rotatable bonds is 9. The number of nitrogens with one attached hydrogen (secondary N) is 1. The molecule has 0 aliphatic heterocycles. The Hall–Kier alpha value is -0.380. The van der Waals surface area contributed by atoms with E-state index >= 15 is 0 Å². The maximum atomic E-state index is 5.02. The second-order valence-electron chi connectivity index (χ2n) is 5.68. The number of hydrogen-bond acceptors (Lipinski definition) is 3. The number of methoxy groups -OCH3 is 1. The first kappa shape index (κ1) is 15.7. The Kier molecular flexibility index (Phi) is 6.90. The minimum atomic E-state index is 0.413. The Morgan fingerprint density at radius 1 is 1.28 bits per heavy atom. The molecule has 0 spiro atoms. The lowest BCUT2D eigenvalue weighted by Gasteiger charge is -2.24. The normalized spacial score (nSPS) is 12.0. The summed E-state index contributed by atoms with van der Waals surface area (Å²) in [6.45, 7) is 9.79. The topological polar surface area (TPSA) is 21.3 Å². The summed E-state index contributed by atoms with van der Waals surface area (Å²) in [6.07, 6.45) is 3.70. The van der Waals surface area contributed by atoms with Crippen molar-refractivity contribution >= 4 is 11.3 Å². The van der Waals surface area contributed by atoms with E-state index in [0.717, 1.165) is 19.7 Å². The smallest absolute Gasteiger partial charge is 0.0587 e. The lowest BCUT2D eigenvalue weighted by Crippen LogP contribution is -2.25. The van der Waals surface area contributed by atoms with Crippen LogP contribution in [0, 0.1) is 12.3 Å². The Morgan fingerprint density at radius 2 is 2.06 bits per heavy atom. The van der Waals surface area contributed by atoms with Crippen LogP contribution in [0.2, 0.25) is 0 Å². The first-order valence-electron chi connectivity index (χ1n) is 6.78. The third-order valence-electron chi connectivity index (χ3n) is 3.46. The fraction of sp³-hybridized carbons (Fsp3) is 0.733. The van der Waals surface area contributed by atoms with Gasteiger partial charge in [-0.3, -0.25) is 0 Å². The highest BCUT2D eigenvalue weighted by molar-refractivity contribution is 7.10. The van der Waals surface area contributed by atoms with E-state index in [9.17, 15) is 0 Å². The van der Waals surface area contributed by atoms with E-state index < -0.39 is 0 Å². The average Bonchev–Trinajstić information content (AvgIpc) is 2.72. The molecule has 0 saturated heterocycles. The van der Waals surface area contributed by atoms with Crippen LogP contribution >= 0.6 is 11.3 Å². The fourth-order valence-electron chi connectivity index (χ4n) is 1.96. The van der Waals surface area contributed by atoms with Crippen LogP contribution in [0.15, 0.2) is 11.4 Å². The summed E-state index contributed by atoms with van der Waals surface area (Å²) in [5.74, 6) is 0. The molecule has 0 radical (unpaired) electrons. The Bertz CT molecular complexity index is 333. The first-order valence-corrected chi connectivity index (χ1v) is 7.66. The first-order chi connectivity index (χ1) is 8.55. The molecule has 0 bridgehead atoms. The van der Waals surface area contributed by atoms with Crippen molar-refractivity contribution in [1.29, 1.82) is 0 Å². The second kappa shape index (κ2) is 7.93. The van der Waals surface area contributed by atoms with Crippen molar-refractivity contribution in [3.63, 3.8) is 0 Å². The highest BCUT2D eigenvalue weighted by Gasteiger charge is 2.17. The lowest BCUT2D eigenvalue weighted by atomic mass is 9.84. The quantitative estimate of drug-likeness (QED) is 0.691. The van der Waals surface area contributed by atoms with Gasteiger partial charge in [-0.2, -0.15) is 0 Å². The molecule has 0 saturated carbocycles. The van der Waals surface area contributed by atoms with Crippen molar-refractivity contribution in [3.05, 3.63) is 21.9 Å². The number of thiophene rings is 1. The molecule has 1 N–H and O–H groups in total. The van der Waals surface area contributed by atoms with Crippen LogP contribution in [0.25, 0.3) is 0 Å². The van der Waals surface area contributed by atoms with Crippen molar-refractivity contribution in [2.75, 3.05) is 26.8 Å². The van der Waals surface area contributed by atoms with Gasteiger partial charge in [-0.1, -0.05) is 13.8 Å². The molecule has 1 aromatic heterocycles. The van der Waals surface area contributed by atoms with Gasteiger partial charge in [-0.05, 0) is 55.2 Å². The summed E-state index contributed by atoms with van der Waals surface area (Å²) in [6, 6.07) is 2.22. The second-order valence-corrected chi connectivity index (χ2v) is 6.68. The van der Waals surface area contributed by atoms with E-state index in [1.165, 1.54) is 24.8 Å². The van der Waals surface area contributed by atoms with Crippen LogP contribution in [0.3, 0.4) is 0 Å². The number of ether oxygens (including phenoxy) is 1. The zero-order valence-electron chi connectivity index (χ0n) is 12.2. The SMILES string of the molecule is COCCNCCC(C)(C)CCc1sccc1C. The maximum absolute atomic E-state index is 5.02. The third kappa shape index (κ3) is 5.98. The monoisotopic (exact) mass is 269 g/mol. The van der Waals surface area contributed by atoms with Crippen molar-refractivity contribution in [1.82, 2.24) is 5.32 Å². The highest BCUT2D eigenvalue weighted by atomic mass is 32.1. The van der Waals surface area contributed by atoms with Gasteiger partial charge in [0.05, 0.1) is 6.61 Å². The van der Waals surface area contributed by atoms with Crippen LogP contribution in [0.1, 0.15) is 37.1 Å². The third-order valence-corrected chi connectivity index (χ3v) is 4.54. The van der Waals surface area contributed by atoms with E-state index in [1.54, 1.807) is 12.0 Å². The summed E-state index contributed by atoms with van der Waals surface area (Å²) in [7, 11) is 1.75. The fourth-order valence-corrected chi connectivity index (χ4v) is 2.87. The molecule has 0 fully saturated rings. The van der Waals surface area contributed by atoms with E-state index in [4.69, 9.17) is 4.74 Å². The van der Waals surface area contributed by atoms with E-state index in [1.807, 2.05) is 11.3 Å². The van der Waals surface area contributed by atoms with Crippen molar-refractivity contribution in [2.24, 2.45) is 5.41 Å². The van der Waals surface area contributed by atoms with Gasteiger partial charge in [-0.25, -0.2) is 0 Å². The average molecular weight is 269 g/mol. The molecule has 0 amide bonds. The molecule has 0 aromatic carbocycles. The summed E-state index contributed by atoms with van der Waals surface area (Å²) in [4.78, 5) is 1.55. The van der Waals surface area contributed by atoms with Gasteiger partial charge in [0.25, 0.3) is 0 Å². The van der Waals surface area contributed by atoms with Crippen molar-refractivity contribution in [3.8, 4) is 0 Å². The molecule has 1 aromatic rings. The largest absolute Gasteiger partial charge is 0.383 e. The summed E-state index contributed by atoms with van der Waals surface area (Å²) in [5, 5.41) is 5.62. The number of aryl methyl sites for hydroxylation is 2.